The molecule has 1 fully saturated rings. The van der Waals surface area contributed by atoms with Crippen LogP contribution in [-0.4, -0.2) is 23.2 Å². The van der Waals surface area contributed by atoms with Crippen LogP contribution in [0.1, 0.15) is 48.4 Å². The Labute approximate surface area is 171 Å². The van der Waals surface area contributed by atoms with Crippen LogP contribution in [0.5, 0.6) is 5.75 Å². The Morgan fingerprint density at radius 2 is 2.11 bits per heavy atom. The Hall–Kier alpha value is -2.38. The number of nitrogens with zero attached hydrogens (tertiary/aromatic N) is 2. The monoisotopic (exact) mass is 417 g/mol. The standard InChI is InChI=1S/C20H20ClN3O3S/c1-26-16-11-14(21)5-6-15(16)18(25)23-20(8-3-2-4-9-20)19-22-17(24-27-19)13-7-10-28-12-13/h5-7,10-12H,2-4,8-9H2,1H3,(H,23,25). The number of benzene rings is 1. The van der Waals surface area contributed by atoms with Gasteiger partial charge in [0.15, 0.2) is 0 Å². The lowest BCUT2D eigenvalue weighted by Gasteiger charge is -2.34. The zero-order chi connectivity index (χ0) is 19.6. The lowest BCUT2D eigenvalue weighted by atomic mass is 9.81. The number of nitrogens with one attached hydrogen (secondary N) is 1. The number of carbonyl (C=O) groups excluding carboxylic acids is 1. The first-order valence-electron chi connectivity index (χ1n) is 9.14. The van der Waals surface area contributed by atoms with Crippen molar-refractivity contribution in [3.63, 3.8) is 0 Å². The Morgan fingerprint density at radius 3 is 2.82 bits per heavy atom. The molecule has 1 saturated carbocycles. The SMILES string of the molecule is COc1cc(Cl)ccc1C(=O)NC1(c2nc(-c3ccsc3)no2)CCCCC1. The minimum atomic E-state index is -0.679. The average Bonchev–Trinajstić information content (AvgIpc) is 3.40. The van der Waals surface area contributed by atoms with Gasteiger partial charge in [-0.3, -0.25) is 4.79 Å². The Kier molecular flexibility index (Phi) is 5.37. The van der Waals surface area contributed by atoms with Crippen molar-refractivity contribution in [2.75, 3.05) is 7.11 Å². The zero-order valence-corrected chi connectivity index (χ0v) is 17.0. The molecule has 1 aliphatic carbocycles. The Morgan fingerprint density at radius 1 is 1.29 bits per heavy atom. The molecule has 1 aliphatic rings. The summed E-state index contributed by atoms with van der Waals surface area (Å²) in [5.41, 5.74) is 0.660. The van der Waals surface area contributed by atoms with Crippen LogP contribution >= 0.6 is 22.9 Å². The highest BCUT2D eigenvalue weighted by molar-refractivity contribution is 7.08. The van der Waals surface area contributed by atoms with E-state index >= 15 is 0 Å². The van der Waals surface area contributed by atoms with E-state index in [1.54, 1.807) is 29.5 Å². The Bertz CT molecular complexity index is 965. The quantitative estimate of drug-likeness (QED) is 0.628. The van der Waals surface area contributed by atoms with E-state index in [0.717, 1.165) is 37.7 Å². The summed E-state index contributed by atoms with van der Waals surface area (Å²) < 4.78 is 11.0. The van der Waals surface area contributed by atoms with Gasteiger partial charge in [-0.15, -0.1) is 0 Å². The lowest BCUT2D eigenvalue weighted by Crippen LogP contribution is -2.47. The van der Waals surface area contributed by atoms with Gasteiger partial charge in [0.05, 0.1) is 12.7 Å². The van der Waals surface area contributed by atoms with Gasteiger partial charge in [0, 0.05) is 16.0 Å². The van der Waals surface area contributed by atoms with Crippen LogP contribution in [-0.2, 0) is 5.54 Å². The van der Waals surface area contributed by atoms with Crippen LogP contribution < -0.4 is 10.1 Å². The molecule has 1 aromatic carbocycles. The van der Waals surface area contributed by atoms with E-state index in [-0.39, 0.29) is 5.91 Å². The molecule has 2 heterocycles. The number of amides is 1. The summed E-state index contributed by atoms with van der Waals surface area (Å²) in [6.07, 6.45) is 4.58. The molecule has 146 valence electrons. The smallest absolute Gasteiger partial charge is 0.255 e. The highest BCUT2D eigenvalue weighted by Gasteiger charge is 2.41. The number of halogens is 1. The molecule has 0 bridgehead atoms. The number of thiophene rings is 1. The number of ether oxygens (including phenoxy) is 1. The van der Waals surface area contributed by atoms with Gasteiger partial charge >= 0.3 is 0 Å². The predicted molar refractivity (Wildman–Crippen MR) is 108 cm³/mol. The van der Waals surface area contributed by atoms with Crippen molar-refractivity contribution in [2.24, 2.45) is 0 Å². The predicted octanol–water partition coefficient (Wildman–Crippen LogP) is 5.05. The third kappa shape index (κ3) is 3.64. The molecule has 28 heavy (non-hydrogen) atoms. The van der Waals surface area contributed by atoms with Gasteiger partial charge in [-0.25, -0.2) is 0 Å². The third-order valence-electron chi connectivity index (χ3n) is 5.08. The summed E-state index contributed by atoms with van der Waals surface area (Å²) in [6, 6.07) is 6.92. The average molecular weight is 418 g/mol. The van der Waals surface area contributed by atoms with E-state index in [1.807, 2.05) is 16.8 Å². The molecule has 6 nitrogen and oxygen atoms in total. The fraction of sp³-hybridized carbons (Fsp3) is 0.350. The fourth-order valence-corrected chi connectivity index (χ4v) is 4.41. The van der Waals surface area contributed by atoms with Crippen molar-refractivity contribution in [1.82, 2.24) is 15.5 Å². The zero-order valence-electron chi connectivity index (χ0n) is 15.4. The maximum absolute atomic E-state index is 13.1. The van der Waals surface area contributed by atoms with Crippen LogP contribution in [0, 0.1) is 0 Å². The third-order valence-corrected chi connectivity index (χ3v) is 6.00. The van der Waals surface area contributed by atoms with Crippen molar-refractivity contribution in [2.45, 2.75) is 37.6 Å². The number of rotatable bonds is 5. The summed E-state index contributed by atoms with van der Waals surface area (Å²) in [5, 5.41) is 11.7. The van der Waals surface area contributed by atoms with Crippen molar-refractivity contribution < 1.29 is 14.1 Å². The molecule has 0 spiro atoms. The van der Waals surface area contributed by atoms with Crippen molar-refractivity contribution >= 4 is 28.8 Å². The molecule has 2 aromatic heterocycles. The van der Waals surface area contributed by atoms with Crippen LogP contribution in [0.4, 0.5) is 0 Å². The van der Waals surface area contributed by atoms with E-state index in [9.17, 15) is 4.79 Å². The van der Waals surface area contributed by atoms with Gasteiger partial charge in [0.1, 0.15) is 11.3 Å². The molecule has 0 aliphatic heterocycles. The lowest BCUT2D eigenvalue weighted by molar-refractivity contribution is 0.0821. The van der Waals surface area contributed by atoms with Crippen LogP contribution in [0.25, 0.3) is 11.4 Å². The fourth-order valence-electron chi connectivity index (χ4n) is 3.61. The molecular weight excluding hydrogens is 398 g/mol. The van der Waals surface area contributed by atoms with Crippen molar-refractivity contribution in [1.29, 1.82) is 0 Å². The highest BCUT2D eigenvalue weighted by atomic mass is 35.5. The van der Waals surface area contributed by atoms with Gasteiger partial charge < -0.3 is 14.6 Å². The van der Waals surface area contributed by atoms with Gasteiger partial charge in [-0.1, -0.05) is 36.0 Å². The van der Waals surface area contributed by atoms with E-state index < -0.39 is 5.54 Å². The number of hydrogen-bond donors (Lipinski definition) is 1. The number of methoxy groups -OCH3 is 1. The molecule has 0 saturated heterocycles. The summed E-state index contributed by atoms with van der Waals surface area (Å²) in [7, 11) is 1.52. The van der Waals surface area contributed by atoms with Gasteiger partial charge in [0.2, 0.25) is 5.82 Å². The molecule has 8 heteroatoms. The molecule has 1 amide bonds. The first kappa shape index (κ1) is 19.0. The first-order valence-corrected chi connectivity index (χ1v) is 10.5. The van der Waals surface area contributed by atoms with Crippen LogP contribution in [0.15, 0.2) is 39.5 Å². The number of carbonyl (C=O) groups is 1. The van der Waals surface area contributed by atoms with Gasteiger partial charge in [0.25, 0.3) is 11.8 Å². The van der Waals surface area contributed by atoms with E-state index in [2.05, 4.69) is 15.5 Å². The second-order valence-corrected chi connectivity index (χ2v) is 8.09. The van der Waals surface area contributed by atoms with Gasteiger partial charge in [-0.2, -0.15) is 16.3 Å². The van der Waals surface area contributed by atoms with Crippen molar-refractivity contribution in [3.8, 4) is 17.1 Å². The molecule has 0 atom stereocenters. The largest absolute Gasteiger partial charge is 0.496 e. The maximum atomic E-state index is 13.1. The van der Waals surface area contributed by atoms with E-state index in [4.69, 9.17) is 20.9 Å². The summed E-state index contributed by atoms with van der Waals surface area (Å²) in [4.78, 5) is 17.7. The molecule has 1 N–H and O–H groups in total. The summed E-state index contributed by atoms with van der Waals surface area (Å²) >= 11 is 7.60. The van der Waals surface area contributed by atoms with Crippen molar-refractivity contribution in [3.05, 3.63) is 51.5 Å². The maximum Gasteiger partial charge on any atom is 0.255 e. The second-order valence-electron chi connectivity index (χ2n) is 6.88. The normalized spacial score (nSPS) is 15.9. The minimum absolute atomic E-state index is 0.245. The highest BCUT2D eigenvalue weighted by Crippen LogP contribution is 2.38. The molecule has 4 rings (SSSR count). The second kappa shape index (κ2) is 7.93. The summed E-state index contributed by atoms with van der Waals surface area (Å²) in [5.74, 6) is 1.18. The van der Waals surface area contributed by atoms with E-state index in [0.29, 0.717) is 28.1 Å². The first-order chi connectivity index (χ1) is 13.6. The topological polar surface area (TPSA) is 77.2 Å². The summed E-state index contributed by atoms with van der Waals surface area (Å²) in [6.45, 7) is 0. The number of aromatic nitrogens is 2. The molecular formula is C20H20ClN3O3S. The van der Waals surface area contributed by atoms with Crippen LogP contribution in [0.2, 0.25) is 5.02 Å². The van der Waals surface area contributed by atoms with E-state index in [1.165, 1.54) is 7.11 Å². The minimum Gasteiger partial charge on any atom is -0.496 e. The molecule has 0 radical (unpaired) electrons. The van der Waals surface area contributed by atoms with Crippen LogP contribution in [0.3, 0.4) is 0 Å². The Balaban J connectivity index is 1.66. The van der Waals surface area contributed by atoms with Gasteiger partial charge in [-0.05, 0) is 42.5 Å². The number of hydrogen-bond acceptors (Lipinski definition) is 6. The molecule has 3 aromatic rings. The molecule has 0 unspecified atom stereocenters.